The first-order chi connectivity index (χ1) is 10.3. The molecule has 0 radical (unpaired) electrons. The van der Waals surface area contributed by atoms with E-state index in [1.54, 1.807) is 0 Å². The summed E-state index contributed by atoms with van der Waals surface area (Å²) >= 11 is 0. The first-order valence-corrected chi connectivity index (χ1v) is 5.55. The monoisotopic (exact) mass is 324 g/mol. The van der Waals surface area contributed by atoms with E-state index in [2.05, 4.69) is 4.65 Å². The Labute approximate surface area is 118 Å². The van der Waals surface area contributed by atoms with Crippen LogP contribution >= 0.6 is 0 Å². The van der Waals surface area contributed by atoms with Crippen molar-refractivity contribution in [2.45, 2.75) is 0 Å². The Balaban J connectivity index is 2.45. The Morgan fingerprint density at radius 3 is 1.77 bits per heavy atom. The van der Waals surface area contributed by atoms with Crippen molar-refractivity contribution in [2.75, 3.05) is 0 Å². The SMILES string of the molecule is OB(Oc1c(F)c(F)c(F)c(F)c1F)c1cccc(F)c1F. The van der Waals surface area contributed by atoms with Crippen molar-refractivity contribution in [2.24, 2.45) is 0 Å². The minimum absolute atomic E-state index is 0.684. The van der Waals surface area contributed by atoms with E-state index in [0.29, 0.717) is 6.07 Å². The van der Waals surface area contributed by atoms with Gasteiger partial charge in [-0.3, -0.25) is 0 Å². The van der Waals surface area contributed by atoms with Gasteiger partial charge in [-0.2, -0.15) is 8.78 Å². The summed E-state index contributed by atoms with van der Waals surface area (Å²) in [5.41, 5.74) is -0.885. The van der Waals surface area contributed by atoms with Crippen LogP contribution in [-0.2, 0) is 0 Å². The zero-order valence-electron chi connectivity index (χ0n) is 10.3. The molecule has 22 heavy (non-hydrogen) atoms. The highest BCUT2D eigenvalue weighted by Crippen LogP contribution is 2.29. The van der Waals surface area contributed by atoms with Crippen molar-refractivity contribution in [1.29, 1.82) is 0 Å². The molecule has 0 saturated heterocycles. The lowest BCUT2D eigenvalue weighted by molar-refractivity contribution is 0.332. The molecule has 0 unspecified atom stereocenters. The summed E-state index contributed by atoms with van der Waals surface area (Å²) in [5, 5.41) is 9.48. The average molecular weight is 324 g/mol. The molecule has 0 saturated carbocycles. The Morgan fingerprint density at radius 1 is 0.727 bits per heavy atom. The molecule has 0 fully saturated rings. The van der Waals surface area contributed by atoms with Crippen LogP contribution in [0.2, 0.25) is 0 Å². The molecule has 0 bridgehead atoms. The van der Waals surface area contributed by atoms with Crippen molar-refractivity contribution >= 4 is 12.6 Å². The summed E-state index contributed by atoms with van der Waals surface area (Å²) in [7, 11) is -2.50. The van der Waals surface area contributed by atoms with Gasteiger partial charge in [0, 0.05) is 5.46 Å². The number of hydrogen-bond donors (Lipinski definition) is 1. The quantitative estimate of drug-likeness (QED) is 0.407. The molecule has 0 heterocycles. The summed E-state index contributed by atoms with van der Waals surface area (Å²) < 4.78 is 95.9. The molecule has 116 valence electrons. The van der Waals surface area contributed by atoms with Crippen LogP contribution in [0.25, 0.3) is 0 Å². The topological polar surface area (TPSA) is 29.5 Å². The molecule has 2 aromatic rings. The Hall–Kier alpha value is -2.23. The van der Waals surface area contributed by atoms with Crippen LogP contribution in [0.3, 0.4) is 0 Å². The highest BCUT2D eigenvalue weighted by Gasteiger charge is 2.32. The van der Waals surface area contributed by atoms with Gasteiger partial charge in [0.25, 0.3) is 0 Å². The third kappa shape index (κ3) is 2.61. The molecular weight excluding hydrogens is 320 g/mol. The standard InChI is InChI=1S/C12H4BF7O2/c14-5-3-1-2-4(6(5)15)13(21)22-12-10(19)8(17)7(16)9(18)11(12)20/h1-3,21H. The Bertz CT molecular complexity index is 709. The molecule has 0 aliphatic rings. The molecule has 0 spiro atoms. The van der Waals surface area contributed by atoms with E-state index < -0.39 is 59.1 Å². The van der Waals surface area contributed by atoms with Crippen molar-refractivity contribution in [3.05, 3.63) is 58.9 Å². The van der Waals surface area contributed by atoms with E-state index in [-0.39, 0.29) is 0 Å². The molecular formula is C12H4BF7O2. The van der Waals surface area contributed by atoms with Crippen LogP contribution in [0.15, 0.2) is 18.2 Å². The maximum Gasteiger partial charge on any atom is 0.563 e. The highest BCUT2D eigenvalue weighted by molar-refractivity contribution is 6.60. The minimum atomic E-state index is -2.50. The molecule has 0 atom stereocenters. The molecule has 0 aromatic heterocycles. The summed E-state index contributed by atoms with van der Waals surface area (Å²) in [5.74, 6) is -16.6. The van der Waals surface area contributed by atoms with Gasteiger partial charge in [-0.05, 0) is 6.07 Å². The van der Waals surface area contributed by atoms with Gasteiger partial charge < -0.3 is 9.68 Å². The molecule has 1 N–H and O–H groups in total. The lowest BCUT2D eigenvalue weighted by Gasteiger charge is -2.13. The first kappa shape index (κ1) is 16.2. The molecule has 2 aromatic carbocycles. The highest BCUT2D eigenvalue weighted by atomic mass is 19.2. The zero-order chi connectivity index (χ0) is 16.6. The third-order valence-corrected chi connectivity index (χ3v) is 2.65. The number of benzene rings is 2. The van der Waals surface area contributed by atoms with Crippen LogP contribution in [0.4, 0.5) is 30.7 Å². The van der Waals surface area contributed by atoms with Crippen LogP contribution in [0.5, 0.6) is 5.75 Å². The molecule has 0 amide bonds. The Morgan fingerprint density at radius 2 is 1.23 bits per heavy atom. The zero-order valence-corrected chi connectivity index (χ0v) is 10.3. The molecule has 0 aliphatic carbocycles. The van der Waals surface area contributed by atoms with Crippen molar-refractivity contribution in [1.82, 2.24) is 0 Å². The number of halogens is 7. The van der Waals surface area contributed by atoms with Gasteiger partial charge in [-0.25, -0.2) is 22.0 Å². The van der Waals surface area contributed by atoms with Gasteiger partial charge >= 0.3 is 7.12 Å². The van der Waals surface area contributed by atoms with Crippen molar-refractivity contribution in [3.8, 4) is 5.75 Å². The van der Waals surface area contributed by atoms with Gasteiger partial charge in [-0.15, -0.1) is 0 Å². The predicted octanol–water partition coefficient (Wildman–Crippen LogP) is 2.43. The van der Waals surface area contributed by atoms with Crippen LogP contribution < -0.4 is 10.1 Å². The van der Waals surface area contributed by atoms with Gasteiger partial charge in [0.2, 0.25) is 29.1 Å². The van der Waals surface area contributed by atoms with E-state index in [4.69, 9.17) is 0 Å². The normalized spacial score (nSPS) is 10.7. The van der Waals surface area contributed by atoms with E-state index >= 15 is 0 Å². The summed E-state index contributed by atoms with van der Waals surface area (Å²) in [6, 6.07) is 2.43. The van der Waals surface area contributed by atoms with Crippen LogP contribution in [0, 0.1) is 40.7 Å². The average Bonchev–Trinajstić information content (AvgIpc) is 2.50. The first-order valence-electron chi connectivity index (χ1n) is 5.55. The van der Waals surface area contributed by atoms with Gasteiger partial charge in [0.1, 0.15) is 0 Å². The predicted molar refractivity (Wildman–Crippen MR) is 60.8 cm³/mol. The fraction of sp³-hybridized carbons (Fsp3) is 0. The summed E-state index contributed by atoms with van der Waals surface area (Å²) in [6.07, 6.45) is 0. The second-order valence-electron chi connectivity index (χ2n) is 4.01. The largest absolute Gasteiger partial charge is 0.563 e. The number of rotatable bonds is 3. The summed E-state index contributed by atoms with van der Waals surface area (Å²) in [4.78, 5) is 0. The Kier molecular flexibility index (Phi) is 4.31. The fourth-order valence-electron chi connectivity index (χ4n) is 1.57. The lowest BCUT2D eigenvalue weighted by atomic mass is 9.79. The van der Waals surface area contributed by atoms with Crippen molar-refractivity contribution < 1.29 is 40.4 Å². The molecule has 10 heteroatoms. The third-order valence-electron chi connectivity index (χ3n) is 2.65. The van der Waals surface area contributed by atoms with Gasteiger partial charge in [-0.1, -0.05) is 12.1 Å². The smallest absolute Gasteiger partial charge is 0.528 e. The second-order valence-corrected chi connectivity index (χ2v) is 4.01. The van der Waals surface area contributed by atoms with E-state index in [9.17, 15) is 35.8 Å². The van der Waals surface area contributed by atoms with E-state index in [0.717, 1.165) is 12.1 Å². The van der Waals surface area contributed by atoms with Crippen LogP contribution in [-0.4, -0.2) is 12.1 Å². The maximum atomic E-state index is 13.4. The number of hydrogen-bond acceptors (Lipinski definition) is 2. The lowest BCUT2D eigenvalue weighted by Crippen LogP contribution is -2.40. The van der Waals surface area contributed by atoms with Gasteiger partial charge in [0.05, 0.1) is 0 Å². The second kappa shape index (κ2) is 5.88. The molecule has 0 aliphatic heterocycles. The molecule has 2 rings (SSSR count). The fourth-order valence-corrected chi connectivity index (χ4v) is 1.57. The summed E-state index contributed by atoms with van der Waals surface area (Å²) in [6.45, 7) is 0. The minimum Gasteiger partial charge on any atom is -0.528 e. The maximum absolute atomic E-state index is 13.4. The van der Waals surface area contributed by atoms with Gasteiger partial charge in [0.15, 0.2) is 17.4 Å². The van der Waals surface area contributed by atoms with Crippen LogP contribution in [0.1, 0.15) is 0 Å². The van der Waals surface area contributed by atoms with E-state index in [1.807, 2.05) is 0 Å². The van der Waals surface area contributed by atoms with Crippen molar-refractivity contribution in [3.63, 3.8) is 0 Å². The van der Waals surface area contributed by atoms with E-state index in [1.165, 1.54) is 0 Å². The molecule has 2 nitrogen and oxygen atoms in total.